The molecule has 0 spiro atoms. The molecule has 1 aromatic carbocycles. The Hall–Kier alpha value is -2.89. The molecule has 6 nitrogen and oxygen atoms in total. The largest absolute Gasteiger partial charge is 0.427 e. The molecule has 0 atom stereocenters. The minimum atomic E-state index is -0.628. The second-order valence-corrected chi connectivity index (χ2v) is 7.91. The van der Waals surface area contributed by atoms with Gasteiger partial charge in [0.05, 0.1) is 0 Å². The SMILES string of the molecule is CNC(=O)CCC(C)(C)NC(=O)c1c(C)cc(CCCc2ccccc2)oc1=O. The van der Waals surface area contributed by atoms with Gasteiger partial charge in [0.25, 0.3) is 5.91 Å². The molecule has 1 heterocycles. The van der Waals surface area contributed by atoms with Gasteiger partial charge in [-0.05, 0) is 57.2 Å². The van der Waals surface area contributed by atoms with E-state index in [9.17, 15) is 14.4 Å². The molecule has 0 unspecified atom stereocenters. The van der Waals surface area contributed by atoms with Crippen LogP contribution in [0.5, 0.6) is 0 Å². The molecule has 1 aromatic heterocycles. The molecular formula is C23H30N2O4. The highest BCUT2D eigenvalue weighted by molar-refractivity contribution is 5.95. The van der Waals surface area contributed by atoms with E-state index >= 15 is 0 Å². The van der Waals surface area contributed by atoms with Crippen molar-refractivity contribution in [3.8, 4) is 0 Å². The third-order valence-electron chi connectivity index (χ3n) is 4.87. The van der Waals surface area contributed by atoms with Gasteiger partial charge in [0, 0.05) is 25.4 Å². The Labute approximate surface area is 171 Å². The number of hydrogen-bond donors (Lipinski definition) is 2. The van der Waals surface area contributed by atoms with E-state index in [1.54, 1.807) is 20.0 Å². The van der Waals surface area contributed by atoms with Crippen LogP contribution in [0, 0.1) is 6.92 Å². The molecule has 2 rings (SSSR count). The number of carbonyl (C=O) groups excluding carboxylic acids is 2. The van der Waals surface area contributed by atoms with Crippen LogP contribution in [0.1, 0.15) is 60.4 Å². The van der Waals surface area contributed by atoms with E-state index in [2.05, 4.69) is 22.8 Å². The van der Waals surface area contributed by atoms with Gasteiger partial charge in [-0.1, -0.05) is 30.3 Å². The van der Waals surface area contributed by atoms with E-state index in [-0.39, 0.29) is 17.9 Å². The first-order valence-electron chi connectivity index (χ1n) is 9.92. The van der Waals surface area contributed by atoms with Crippen molar-refractivity contribution >= 4 is 11.8 Å². The first-order chi connectivity index (χ1) is 13.7. The van der Waals surface area contributed by atoms with Crippen LogP contribution < -0.4 is 16.3 Å². The Balaban J connectivity index is 2.01. The lowest BCUT2D eigenvalue weighted by Crippen LogP contribution is -2.45. The van der Waals surface area contributed by atoms with Crippen LogP contribution in [0.15, 0.2) is 45.6 Å². The van der Waals surface area contributed by atoms with E-state index in [4.69, 9.17) is 4.42 Å². The lowest BCUT2D eigenvalue weighted by atomic mass is 9.97. The van der Waals surface area contributed by atoms with Crippen LogP contribution >= 0.6 is 0 Å². The van der Waals surface area contributed by atoms with Crippen LogP contribution in [0.3, 0.4) is 0 Å². The minimum absolute atomic E-state index is 0.0184. The normalized spacial score (nSPS) is 11.2. The number of carbonyl (C=O) groups is 2. The summed E-state index contributed by atoms with van der Waals surface area (Å²) >= 11 is 0. The average Bonchev–Trinajstić information content (AvgIpc) is 2.66. The second kappa shape index (κ2) is 10.0. The number of amides is 2. The fourth-order valence-corrected chi connectivity index (χ4v) is 3.16. The first kappa shape index (κ1) is 22.4. The molecule has 0 radical (unpaired) electrons. The van der Waals surface area contributed by atoms with Gasteiger partial charge in [-0.15, -0.1) is 0 Å². The van der Waals surface area contributed by atoms with Crippen LogP contribution in [0.4, 0.5) is 0 Å². The second-order valence-electron chi connectivity index (χ2n) is 7.91. The lowest BCUT2D eigenvalue weighted by Gasteiger charge is -2.26. The van der Waals surface area contributed by atoms with E-state index in [1.165, 1.54) is 5.56 Å². The highest BCUT2D eigenvalue weighted by atomic mass is 16.4. The van der Waals surface area contributed by atoms with Gasteiger partial charge in [-0.2, -0.15) is 0 Å². The smallest absolute Gasteiger partial charge is 0.349 e. The molecule has 0 fully saturated rings. The highest BCUT2D eigenvalue weighted by Crippen LogP contribution is 2.15. The standard InChI is InChI=1S/C23H30N2O4/c1-16-15-18(12-8-11-17-9-6-5-7-10-17)29-22(28)20(16)21(27)25-23(2,3)14-13-19(26)24-4/h5-7,9-10,15H,8,11-14H2,1-4H3,(H,24,26)(H,25,27). The van der Waals surface area contributed by atoms with Crippen LogP contribution in [0.25, 0.3) is 0 Å². The van der Waals surface area contributed by atoms with Gasteiger partial charge in [-0.3, -0.25) is 9.59 Å². The summed E-state index contributed by atoms with van der Waals surface area (Å²) < 4.78 is 5.40. The molecule has 0 bridgehead atoms. The molecule has 2 amide bonds. The van der Waals surface area contributed by atoms with Crippen molar-refractivity contribution in [1.82, 2.24) is 10.6 Å². The van der Waals surface area contributed by atoms with Crippen molar-refractivity contribution in [2.75, 3.05) is 7.05 Å². The first-order valence-corrected chi connectivity index (χ1v) is 9.92. The van der Waals surface area contributed by atoms with Crippen molar-refractivity contribution in [3.63, 3.8) is 0 Å². The Morgan fingerprint density at radius 1 is 1.10 bits per heavy atom. The number of rotatable bonds is 9. The van der Waals surface area contributed by atoms with Crippen LogP contribution in [0.2, 0.25) is 0 Å². The van der Waals surface area contributed by atoms with E-state index in [1.807, 2.05) is 32.0 Å². The topological polar surface area (TPSA) is 88.4 Å². The fraction of sp³-hybridized carbons (Fsp3) is 0.435. The van der Waals surface area contributed by atoms with Crippen molar-refractivity contribution in [1.29, 1.82) is 0 Å². The molecule has 0 aliphatic carbocycles. The predicted octanol–water partition coefficient (Wildman–Crippen LogP) is 3.16. The van der Waals surface area contributed by atoms with Crippen molar-refractivity contribution < 1.29 is 14.0 Å². The predicted molar refractivity (Wildman–Crippen MR) is 113 cm³/mol. The Morgan fingerprint density at radius 3 is 2.41 bits per heavy atom. The average molecular weight is 399 g/mol. The van der Waals surface area contributed by atoms with Crippen molar-refractivity contribution in [2.24, 2.45) is 0 Å². The van der Waals surface area contributed by atoms with Crippen molar-refractivity contribution in [2.45, 2.75) is 58.4 Å². The molecule has 156 valence electrons. The third-order valence-corrected chi connectivity index (χ3v) is 4.87. The van der Waals surface area contributed by atoms with E-state index in [0.717, 1.165) is 12.8 Å². The minimum Gasteiger partial charge on any atom is -0.427 e. The monoisotopic (exact) mass is 398 g/mol. The maximum Gasteiger partial charge on any atom is 0.349 e. The molecular weight excluding hydrogens is 368 g/mol. The number of benzene rings is 1. The summed E-state index contributed by atoms with van der Waals surface area (Å²) in [6.07, 6.45) is 3.12. The Morgan fingerprint density at radius 2 is 1.79 bits per heavy atom. The molecule has 0 saturated carbocycles. The maximum absolute atomic E-state index is 12.7. The summed E-state index contributed by atoms with van der Waals surface area (Å²) in [6.45, 7) is 5.38. The zero-order valence-electron chi connectivity index (χ0n) is 17.6. The zero-order chi connectivity index (χ0) is 21.4. The van der Waals surface area contributed by atoms with Gasteiger partial charge < -0.3 is 15.1 Å². The fourth-order valence-electron chi connectivity index (χ4n) is 3.16. The zero-order valence-corrected chi connectivity index (χ0v) is 17.6. The van der Waals surface area contributed by atoms with E-state index in [0.29, 0.717) is 24.2 Å². The van der Waals surface area contributed by atoms with Gasteiger partial charge >= 0.3 is 5.63 Å². The maximum atomic E-state index is 12.7. The molecule has 2 aromatic rings. The third kappa shape index (κ3) is 6.89. The summed E-state index contributed by atoms with van der Waals surface area (Å²) in [4.78, 5) is 36.5. The van der Waals surface area contributed by atoms with Gasteiger partial charge in [0.15, 0.2) is 0 Å². The Bertz CT molecular complexity index is 901. The van der Waals surface area contributed by atoms with Crippen molar-refractivity contribution in [3.05, 3.63) is 69.3 Å². The molecule has 6 heteroatoms. The summed E-state index contributed by atoms with van der Waals surface area (Å²) in [5, 5.41) is 5.40. The van der Waals surface area contributed by atoms with Crippen LogP contribution in [-0.2, 0) is 17.6 Å². The summed E-state index contributed by atoms with van der Waals surface area (Å²) in [5.41, 5.74) is 0.595. The summed E-state index contributed by atoms with van der Waals surface area (Å²) in [5.74, 6) is 0.00993. The molecule has 0 aliphatic rings. The summed E-state index contributed by atoms with van der Waals surface area (Å²) in [7, 11) is 1.57. The number of nitrogens with one attached hydrogen (secondary N) is 2. The number of hydrogen-bond acceptors (Lipinski definition) is 4. The molecule has 0 aliphatic heterocycles. The summed E-state index contributed by atoms with van der Waals surface area (Å²) in [6, 6.07) is 11.9. The quantitative estimate of drug-likeness (QED) is 0.679. The van der Waals surface area contributed by atoms with Crippen LogP contribution in [-0.4, -0.2) is 24.4 Å². The van der Waals surface area contributed by atoms with E-state index < -0.39 is 17.1 Å². The molecule has 29 heavy (non-hydrogen) atoms. The Kier molecular flexibility index (Phi) is 7.76. The van der Waals surface area contributed by atoms with Gasteiger partial charge in [0.2, 0.25) is 5.91 Å². The highest BCUT2D eigenvalue weighted by Gasteiger charge is 2.25. The lowest BCUT2D eigenvalue weighted by molar-refractivity contribution is -0.121. The van der Waals surface area contributed by atoms with Gasteiger partial charge in [-0.25, -0.2) is 4.79 Å². The number of aryl methyl sites for hydroxylation is 3. The van der Waals surface area contributed by atoms with Gasteiger partial charge in [0.1, 0.15) is 11.3 Å². The molecule has 0 saturated heterocycles. The molecule has 2 N–H and O–H groups in total.